The molecule has 1 amide bonds. The predicted octanol–water partition coefficient (Wildman–Crippen LogP) is 0.856. The Morgan fingerprint density at radius 1 is 1.08 bits per heavy atom. The fourth-order valence-electron chi connectivity index (χ4n) is 2.90. The third-order valence-corrected chi connectivity index (χ3v) is 6.90. The molecule has 2 aliphatic rings. The van der Waals surface area contributed by atoms with Gasteiger partial charge in [0.1, 0.15) is 0 Å². The number of carbonyl (C=O) groups excluding carboxylic acids is 1. The van der Waals surface area contributed by atoms with E-state index in [2.05, 4.69) is 0 Å². The first-order valence-electron chi connectivity index (χ1n) is 8.46. The molecule has 1 aromatic rings. The standard InChI is InChI=1S/C17H24BNO5S/c1-16(2)17(3,4)24-18(23-16)14-7-5-6-13(12-14)15(20)19-8-10-25(21,22)11-9-19/h5-7,12H,8-11H2,1-4H3. The largest absolute Gasteiger partial charge is 0.494 e. The minimum absolute atomic E-state index is 0.0235. The smallest absolute Gasteiger partial charge is 0.399 e. The van der Waals surface area contributed by atoms with Gasteiger partial charge in [-0.1, -0.05) is 12.1 Å². The van der Waals surface area contributed by atoms with E-state index < -0.39 is 28.2 Å². The predicted molar refractivity (Wildman–Crippen MR) is 96.7 cm³/mol. The fourth-order valence-corrected chi connectivity index (χ4v) is 4.10. The number of nitrogens with zero attached hydrogens (tertiary/aromatic N) is 1. The molecule has 6 nitrogen and oxygen atoms in total. The molecule has 2 fully saturated rings. The average molecular weight is 365 g/mol. The van der Waals surface area contributed by atoms with E-state index in [9.17, 15) is 13.2 Å². The fraction of sp³-hybridized carbons (Fsp3) is 0.588. The Balaban J connectivity index is 1.77. The van der Waals surface area contributed by atoms with Gasteiger partial charge >= 0.3 is 7.12 Å². The molecule has 0 bridgehead atoms. The van der Waals surface area contributed by atoms with Crippen LogP contribution < -0.4 is 5.46 Å². The van der Waals surface area contributed by atoms with E-state index in [1.165, 1.54) is 0 Å². The number of rotatable bonds is 2. The summed E-state index contributed by atoms with van der Waals surface area (Å²) in [7, 11) is -3.54. The first kappa shape index (κ1) is 18.4. The third kappa shape index (κ3) is 3.61. The zero-order chi connectivity index (χ0) is 18.5. The molecule has 0 saturated carbocycles. The van der Waals surface area contributed by atoms with Crippen LogP contribution in [0.1, 0.15) is 38.1 Å². The Bertz CT molecular complexity index is 760. The first-order chi connectivity index (χ1) is 11.5. The number of amides is 1. The Labute approximate surface area is 149 Å². The second-order valence-corrected chi connectivity index (χ2v) is 9.96. The highest BCUT2D eigenvalue weighted by molar-refractivity contribution is 7.91. The molecule has 0 aliphatic carbocycles. The van der Waals surface area contributed by atoms with E-state index in [-0.39, 0.29) is 30.5 Å². The Hall–Kier alpha value is -1.38. The van der Waals surface area contributed by atoms with Gasteiger partial charge in [-0.25, -0.2) is 8.42 Å². The van der Waals surface area contributed by atoms with E-state index in [1.54, 1.807) is 23.1 Å². The van der Waals surface area contributed by atoms with E-state index in [0.717, 1.165) is 5.46 Å². The van der Waals surface area contributed by atoms with Gasteiger partial charge in [-0.05, 0) is 45.3 Å². The Morgan fingerprint density at radius 2 is 1.64 bits per heavy atom. The summed E-state index contributed by atoms with van der Waals surface area (Å²) in [6, 6.07) is 7.18. The minimum Gasteiger partial charge on any atom is -0.399 e. The zero-order valence-corrected chi connectivity index (χ0v) is 15.9. The van der Waals surface area contributed by atoms with E-state index in [1.807, 2.05) is 33.8 Å². The number of hydrogen-bond acceptors (Lipinski definition) is 5. The van der Waals surface area contributed by atoms with E-state index in [4.69, 9.17) is 9.31 Å². The monoisotopic (exact) mass is 365 g/mol. The van der Waals surface area contributed by atoms with Crippen molar-refractivity contribution in [3.8, 4) is 0 Å². The molecule has 1 aromatic carbocycles. The maximum atomic E-state index is 12.7. The van der Waals surface area contributed by atoms with Crippen molar-refractivity contribution < 1.29 is 22.5 Å². The molecular formula is C17H24BNO5S. The van der Waals surface area contributed by atoms with Gasteiger partial charge in [0, 0.05) is 18.7 Å². The van der Waals surface area contributed by atoms with Crippen LogP contribution >= 0.6 is 0 Å². The minimum atomic E-state index is -3.01. The molecular weight excluding hydrogens is 341 g/mol. The molecule has 0 spiro atoms. The number of sulfone groups is 1. The summed E-state index contributed by atoms with van der Waals surface area (Å²) in [6.45, 7) is 8.41. The SMILES string of the molecule is CC1(C)OB(c2cccc(C(=O)N3CCS(=O)(=O)CC3)c2)OC1(C)C. The summed E-state index contributed by atoms with van der Waals surface area (Å²) >= 11 is 0. The van der Waals surface area contributed by atoms with Gasteiger partial charge in [0.05, 0.1) is 22.7 Å². The van der Waals surface area contributed by atoms with Crippen LogP contribution in [0.15, 0.2) is 24.3 Å². The van der Waals surface area contributed by atoms with Crippen LogP contribution in [0.5, 0.6) is 0 Å². The van der Waals surface area contributed by atoms with Crippen molar-refractivity contribution >= 4 is 28.3 Å². The topological polar surface area (TPSA) is 72.9 Å². The molecule has 0 radical (unpaired) electrons. The zero-order valence-electron chi connectivity index (χ0n) is 15.1. The van der Waals surface area contributed by atoms with Gasteiger partial charge < -0.3 is 14.2 Å². The van der Waals surface area contributed by atoms with E-state index >= 15 is 0 Å². The van der Waals surface area contributed by atoms with Gasteiger partial charge in [0.25, 0.3) is 5.91 Å². The summed E-state index contributed by atoms with van der Waals surface area (Å²) in [4.78, 5) is 14.3. The van der Waals surface area contributed by atoms with Crippen molar-refractivity contribution in [2.24, 2.45) is 0 Å². The number of benzene rings is 1. The number of hydrogen-bond donors (Lipinski definition) is 0. The summed E-state index contributed by atoms with van der Waals surface area (Å²) in [5.41, 5.74) is 0.415. The van der Waals surface area contributed by atoms with Crippen LogP contribution in [0.4, 0.5) is 0 Å². The van der Waals surface area contributed by atoms with Crippen LogP contribution in [0.25, 0.3) is 0 Å². The molecule has 0 atom stereocenters. The average Bonchev–Trinajstić information content (AvgIpc) is 2.75. The molecule has 136 valence electrons. The summed E-state index contributed by atoms with van der Waals surface area (Å²) in [5, 5.41) is 0. The highest BCUT2D eigenvalue weighted by Crippen LogP contribution is 2.36. The van der Waals surface area contributed by atoms with Crippen molar-refractivity contribution in [3.05, 3.63) is 29.8 Å². The number of carbonyl (C=O) groups is 1. The third-order valence-electron chi connectivity index (χ3n) is 5.29. The molecule has 2 aliphatic heterocycles. The Morgan fingerprint density at radius 3 is 2.20 bits per heavy atom. The first-order valence-corrected chi connectivity index (χ1v) is 10.3. The second kappa shape index (κ2) is 6.11. The van der Waals surface area contributed by atoms with Crippen LogP contribution in [0, 0.1) is 0 Å². The molecule has 25 heavy (non-hydrogen) atoms. The van der Waals surface area contributed by atoms with Gasteiger partial charge in [-0.3, -0.25) is 4.79 Å². The normalized spacial score (nSPS) is 24.3. The van der Waals surface area contributed by atoms with Gasteiger partial charge in [-0.15, -0.1) is 0 Å². The van der Waals surface area contributed by atoms with Crippen molar-refractivity contribution in [2.75, 3.05) is 24.6 Å². The van der Waals surface area contributed by atoms with Gasteiger partial charge in [-0.2, -0.15) is 0 Å². The molecule has 0 N–H and O–H groups in total. The summed E-state index contributed by atoms with van der Waals surface area (Å²) in [6.07, 6.45) is 0. The van der Waals surface area contributed by atoms with Gasteiger partial charge in [0.2, 0.25) is 0 Å². The maximum Gasteiger partial charge on any atom is 0.494 e. The summed E-state index contributed by atoms with van der Waals surface area (Å²) in [5.74, 6) is -0.112. The molecule has 3 rings (SSSR count). The molecule has 0 unspecified atom stereocenters. The molecule has 0 aromatic heterocycles. The Kier molecular flexibility index (Phi) is 4.50. The second-order valence-electron chi connectivity index (χ2n) is 7.66. The lowest BCUT2D eigenvalue weighted by molar-refractivity contribution is 0.00578. The van der Waals surface area contributed by atoms with Crippen molar-refractivity contribution in [1.82, 2.24) is 4.90 Å². The lowest BCUT2D eigenvalue weighted by Crippen LogP contribution is -2.44. The van der Waals surface area contributed by atoms with Crippen molar-refractivity contribution in [3.63, 3.8) is 0 Å². The highest BCUT2D eigenvalue weighted by Gasteiger charge is 2.51. The summed E-state index contributed by atoms with van der Waals surface area (Å²) < 4.78 is 35.1. The van der Waals surface area contributed by atoms with Crippen LogP contribution in [-0.2, 0) is 19.1 Å². The lowest BCUT2D eigenvalue weighted by Gasteiger charge is -2.32. The quantitative estimate of drug-likeness (QED) is 0.727. The molecule has 2 heterocycles. The lowest BCUT2D eigenvalue weighted by atomic mass is 9.78. The molecule has 2 saturated heterocycles. The van der Waals surface area contributed by atoms with E-state index in [0.29, 0.717) is 5.56 Å². The van der Waals surface area contributed by atoms with Crippen molar-refractivity contribution in [2.45, 2.75) is 38.9 Å². The van der Waals surface area contributed by atoms with Crippen molar-refractivity contribution in [1.29, 1.82) is 0 Å². The molecule has 8 heteroatoms. The maximum absolute atomic E-state index is 12.7. The van der Waals surface area contributed by atoms with Crippen LogP contribution in [-0.4, -0.2) is 62.1 Å². The van der Waals surface area contributed by atoms with Crippen LogP contribution in [0.2, 0.25) is 0 Å². The van der Waals surface area contributed by atoms with Crippen LogP contribution in [0.3, 0.4) is 0 Å². The van der Waals surface area contributed by atoms with Gasteiger partial charge in [0.15, 0.2) is 9.84 Å². The highest BCUT2D eigenvalue weighted by atomic mass is 32.2.